The second-order valence-corrected chi connectivity index (χ2v) is 8.46. The van der Waals surface area contributed by atoms with Gasteiger partial charge in [0.05, 0.1) is 12.2 Å². The van der Waals surface area contributed by atoms with Gasteiger partial charge in [-0.05, 0) is 23.8 Å². The number of amides is 1. The van der Waals surface area contributed by atoms with Gasteiger partial charge in [0.1, 0.15) is 0 Å². The van der Waals surface area contributed by atoms with E-state index < -0.39 is 11.6 Å². The van der Waals surface area contributed by atoms with Crippen molar-refractivity contribution < 1.29 is 13.6 Å². The van der Waals surface area contributed by atoms with Crippen molar-refractivity contribution in [3.63, 3.8) is 0 Å². The Morgan fingerprint density at radius 2 is 1.78 bits per heavy atom. The number of thiazole rings is 1. The number of nitrogens with one attached hydrogen (secondary N) is 1. The molecule has 1 aliphatic rings. The van der Waals surface area contributed by atoms with Crippen LogP contribution in [0.2, 0.25) is 0 Å². The summed E-state index contributed by atoms with van der Waals surface area (Å²) in [6.45, 7) is 4.65. The summed E-state index contributed by atoms with van der Waals surface area (Å²) in [6, 6.07) is 13.9. The summed E-state index contributed by atoms with van der Waals surface area (Å²) in [5.41, 5.74) is 2.16. The average molecular weight is 455 g/mol. The Kier molecular flexibility index (Phi) is 7.36. The smallest absolute Gasteiger partial charge is 0.240 e. The van der Waals surface area contributed by atoms with E-state index in [0.717, 1.165) is 44.9 Å². The fourth-order valence-electron chi connectivity index (χ4n) is 3.51. The second-order valence-electron chi connectivity index (χ2n) is 7.60. The zero-order chi connectivity index (χ0) is 22.3. The topological polar surface area (TPSA) is 48.5 Å². The van der Waals surface area contributed by atoms with E-state index in [-0.39, 0.29) is 5.91 Å². The van der Waals surface area contributed by atoms with Crippen molar-refractivity contribution in [3.8, 4) is 11.3 Å². The summed E-state index contributed by atoms with van der Waals surface area (Å²) in [5, 5.41) is 4.96. The lowest BCUT2D eigenvalue weighted by Crippen LogP contribution is -2.48. The standard InChI is InChI=1S/C24H24F2N4OS/c25-20-9-8-19(15-21(20)26)22-17-32-24(27-22)28-23(31)16-30-13-11-29(12-14-30)10-4-7-18-5-2-1-3-6-18/h1-9,15,17H,10-14,16H2,(H,27,28,31)/b7-4+. The Labute approximate surface area is 190 Å². The fourth-order valence-corrected chi connectivity index (χ4v) is 4.25. The number of hydrogen-bond donors (Lipinski definition) is 1. The number of benzene rings is 2. The van der Waals surface area contributed by atoms with Crippen molar-refractivity contribution in [2.24, 2.45) is 0 Å². The van der Waals surface area contributed by atoms with Crippen LogP contribution in [0, 0.1) is 11.6 Å². The Bertz CT molecular complexity index is 1080. The Hall–Kier alpha value is -2.94. The first kappa shape index (κ1) is 22.3. The molecule has 1 aromatic heterocycles. The molecule has 1 saturated heterocycles. The normalized spacial score (nSPS) is 15.3. The lowest BCUT2D eigenvalue weighted by molar-refractivity contribution is -0.117. The van der Waals surface area contributed by atoms with E-state index in [0.29, 0.717) is 22.9 Å². The Morgan fingerprint density at radius 3 is 2.53 bits per heavy atom. The third-order valence-electron chi connectivity index (χ3n) is 5.27. The highest BCUT2D eigenvalue weighted by Gasteiger charge is 2.19. The number of rotatable bonds is 7. The monoisotopic (exact) mass is 454 g/mol. The summed E-state index contributed by atoms with van der Waals surface area (Å²) in [4.78, 5) is 21.2. The molecule has 0 unspecified atom stereocenters. The Balaban J connectivity index is 1.21. The van der Waals surface area contributed by atoms with Crippen LogP contribution in [0.4, 0.5) is 13.9 Å². The van der Waals surface area contributed by atoms with Crippen LogP contribution in [0.5, 0.6) is 0 Å². The van der Waals surface area contributed by atoms with Crippen LogP contribution in [0.3, 0.4) is 0 Å². The largest absolute Gasteiger partial charge is 0.301 e. The molecule has 0 saturated carbocycles. The number of nitrogens with zero attached hydrogens (tertiary/aromatic N) is 3. The highest BCUT2D eigenvalue weighted by molar-refractivity contribution is 7.14. The van der Waals surface area contributed by atoms with Gasteiger partial charge in [0, 0.05) is 43.7 Å². The first-order valence-corrected chi connectivity index (χ1v) is 11.3. The molecule has 0 spiro atoms. The molecule has 1 fully saturated rings. The van der Waals surface area contributed by atoms with Crippen LogP contribution in [0.15, 0.2) is 60.0 Å². The molecule has 3 aromatic rings. The molecular formula is C24H24F2N4OS. The number of aromatic nitrogens is 1. The van der Waals surface area contributed by atoms with Crippen LogP contribution < -0.4 is 5.32 Å². The van der Waals surface area contributed by atoms with Crippen LogP contribution in [-0.4, -0.2) is 60.0 Å². The van der Waals surface area contributed by atoms with Gasteiger partial charge in [0.15, 0.2) is 16.8 Å². The molecule has 2 aromatic carbocycles. The number of piperazine rings is 1. The lowest BCUT2D eigenvalue weighted by atomic mass is 10.2. The van der Waals surface area contributed by atoms with Crippen LogP contribution in [0.1, 0.15) is 5.56 Å². The average Bonchev–Trinajstić information content (AvgIpc) is 3.26. The zero-order valence-corrected chi connectivity index (χ0v) is 18.3. The molecule has 5 nitrogen and oxygen atoms in total. The number of carbonyl (C=O) groups excluding carboxylic acids is 1. The van der Waals surface area contributed by atoms with Crippen molar-refractivity contribution in [3.05, 3.63) is 77.2 Å². The summed E-state index contributed by atoms with van der Waals surface area (Å²) in [5.74, 6) is -1.95. The van der Waals surface area contributed by atoms with E-state index >= 15 is 0 Å². The molecule has 1 amide bonds. The highest BCUT2D eigenvalue weighted by Crippen LogP contribution is 2.26. The van der Waals surface area contributed by atoms with E-state index in [1.807, 2.05) is 18.2 Å². The third-order valence-corrected chi connectivity index (χ3v) is 6.03. The van der Waals surface area contributed by atoms with E-state index in [1.54, 1.807) is 5.38 Å². The van der Waals surface area contributed by atoms with Gasteiger partial charge in [-0.3, -0.25) is 14.6 Å². The molecule has 0 aliphatic carbocycles. The summed E-state index contributed by atoms with van der Waals surface area (Å²) in [7, 11) is 0. The van der Waals surface area contributed by atoms with Crippen LogP contribution >= 0.6 is 11.3 Å². The molecule has 166 valence electrons. The minimum atomic E-state index is -0.921. The number of hydrogen-bond acceptors (Lipinski definition) is 5. The minimum Gasteiger partial charge on any atom is -0.301 e. The maximum absolute atomic E-state index is 13.4. The minimum absolute atomic E-state index is 0.131. The molecule has 0 radical (unpaired) electrons. The van der Waals surface area contributed by atoms with Gasteiger partial charge in [0.2, 0.25) is 5.91 Å². The van der Waals surface area contributed by atoms with E-state index in [9.17, 15) is 13.6 Å². The summed E-state index contributed by atoms with van der Waals surface area (Å²) < 4.78 is 26.5. The number of anilines is 1. The third kappa shape index (κ3) is 6.06. The molecule has 2 heterocycles. The molecular weight excluding hydrogens is 430 g/mol. The molecule has 1 aliphatic heterocycles. The lowest BCUT2D eigenvalue weighted by Gasteiger charge is -2.33. The Morgan fingerprint density at radius 1 is 1.03 bits per heavy atom. The second kappa shape index (κ2) is 10.6. The van der Waals surface area contributed by atoms with Gasteiger partial charge < -0.3 is 5.32 Å². The van der Waals surface area contributed by atoms with E-state index in [4.69, 9.17) is 0 Å². The van der Waals surface area contributed by atoms with Crippen molar-refractivity contribution in [2.75, 3.05) is 44.6 Å². The van der Waals surface area contributed by atoms with Gasteiger partial charge in [-0.15, -0.1) is 11.3 Å². The fraction of sp³-hybridized carbons (Fsp3) is 0.250. The van der Waals surface area contributed by atoms with Crippen LogP contribution in [0.25, 0.3) is 17.3 Å². The van der Waals surface area contributed by atoms with Gasteiger partial charge in [-0.1, -0.05) is 42.5 Å². The van der Waals surface area contributed by atoms with Crippen molar-refractivity contribution >= 4 is 28.5 Å². The number of halogens is 2. The quantitative estimate of drug-likeness (QED) is 0.577. The van der Waals surface area contributed by atoms with Crippen molar-refractivity contribution in [1.82, 2.24) is 14.8 Å². The summed E-state index contributed by atoms with van der Waals surface area (Å²) in [6.07, 6.45) is 4.30. The van der Waals surface area contributed by atoms with Crippen molar-refractivity contribution in [2.45, 2.75) is 0 Å². The van der Waals surface area contributed by atoms with Gasteiger partial charge in [-0.2, -0.15) is 0 Å². The van der Waals surface area contributed by atoms with Gasteiger partial charge in [0.25, 0.3) is 0 Å². The predicted molar refractivity (Wildman–Crippen MR) is 124 cm³/mol. The first-order valence-electron chi connectivity index (χ1n) is 10.4. The molecule has 0 bridgehead atoms. The van der Waals surface area contributed by atoms with Gasteiger partial charge in [-0.25, -0.2) is 13.8 Å². The first-order chi connectivity index (χ1) is 15.6. The van der Waals surface area contributed by atoms with E-state index in [2.05, 4.69) is 44.4 Å². The highest BCUT2D eigenvalue weighted by atomic mass is 32.1. The molecule has 0 atom stereocenters. The molecule has 8 heteroatoms. The zero-order valence-electron chi connectivity index (χ0n) is 17.5. The van der Waals surface area contributed by atoms with Gasteiger partial charge >= 0.3 is 0 Å². The van der Waals surface area contributed by atoms with E-state index in [1.165, 1.54) is 23.0 Å². The number of carbonyl (C=O) groups is 1. The summed E-state index contributed by atoms with van der Waals surface area (Å²) >= 11 is 1.26. The maximum Gasteiger partial charge on any atom is 0.240 e. The van der Waals surface area contributed by atoms with Crippen molar-refractivity contribution in [1.29, 1.82) is 0 Å². The predicted octanol–water partition coefficient (Wildman–Crippen LogP) is 4.36. The molecule has 1 N–H and O–H groups in total. The molecule has 4 rings (SSSR count). The SMILES string of the molecule is O=C(CN1CCN(C/C=C/c2ccccc2)CC1)Nc1nc(-c2ccc(F)c(F)c2)cs1. The van der Waals surface area contributed by atoms with Crippen LogP contribution in [-0.2, 0) is 4.79 Å². The maximum atomic E-state index is 13.4. The molecule has 32 heavy (non-hydrogen) atoms.